The lowest BCUT2D eigenvalue weighted by Gasteiger charge is -2.32. The Kier molecular flexibility index (Phi) is 3.56. The molecular formula is C14H24BNO3. The van der Waals surface area contributed by atoms with Gasteiger partial charge in [0.1, 0.15) is 5.76 Å². The molecule has 1 fully saturated rings. The fraction of sp³-hybridized carbons (Fsp3) is 0.786. The second kappa shape index (κ2) is 4.63. The Morgan fingerprint density at radius 3 is 2.05 bits per heavy atom. The highest BCUT2D eigenvalue weighted by molar-refractivity contribution is 6.63. The molecule has 0 aromatic carbocycles. The lowest BCUT2D eigenvalue weighted by atomic mass is 9.75. The number of aromatic nitrogens is 1. The normalized spacial score (nSPS) is 21.4. The highest BCUT2D eigenvalue weighted by atomic mass is 16.7. The van der Waals surface area contributed by atoms with Gasteiger partial charge < -0.3 is 13.8 Å². The minimum Gasteiger partial charge on any atom is -0.399 e. The molecule has 2 rings (SSSR count). The largest absolute Gasteiger partial charge is 0.500 e. The van der Waals surface area contributed by atoms with Gasteiger partial charge in [0, 0.05) is 11.9 Å². The molecule has 1 saturated heterocycles. The van der Waals surface area contributed by atoms with Crippen LogP contribution >= 0.6 is 0 Å². The number of hydrogen-bond donors (Lipinski definition) is 0. The van der Waals surface area contributed by atoms with Gasteiger partial charge >= 0.3 is 7.12 Å². The van der Waals surface area contributed by atoms with E-state index in [9.17, 15) is 0 Å². The zero-order valence-corrected chi connectivity index (χ0v) is 13.0. The molecule has 106 valence electrons. The van der Waals surface area contributed by atoms with Gasteiger partial charge in [-0.1, -0.05) is 25.9 Å². The molecule has 1 aliphatic heterocycles. The second-order valence-corrected chi connectivity index (χ2v) is 6.50. The zero-order chi connectivity index (χ0) is 14.4. The summed E-state index contributed by atoms with van der Waals surface area (Å²) in [5.74, 6) is 1.15. The van der Waals surface area contributed by atoms with Gasteiger partial charge in [-0.25, -0.2) is 0 Å². The van der Waals surface area contributed by atoms with Crippen molar-refractivity contribution in [3.05, 3.63) is 11.5 Å². The number of rotatable bonds is 3. The van der Waals surface area contributed by atoms with E-state index in [2.05, 4.69) is 53.6 Å². The predicted octanol–water partition coefficient (Wildman–Crippen LogP) is 2.66. The van der Waals surface area contributed by atoms with E-state index in [0.717, 1.165) is 23.3 Å². The van der Waals surface area contributed by atoms with Crippen LogP contribution in [0.2, 0.25) is 0 Å². The summed E-state index contributed by atoms with van der Waals surface area (Å²) in [6.07, 6.45) is 0.791. The van der Waals surface area contributed by atoms with Crippen LogP contribution in [0.5, 0.6) is 0 Å². The van der Waals surface area contributed by atoms with E-state index < -0.39 is 0 Å². The topological polar surface area (TPSA) is 44.5 Å². The van der Waals surface area contributed by atoms with Crippen molar-refractivity contribution in [3.8, 4) is 0 Å². The highest BCUT2D eigenvalue weighted by Gasteiger charge is 2.53. The zero-order valence-electron chi connectivity index (χ0n) is 13.0. The Balaban J connectivity index is 2.41. The van der Waals surface area contributed by atoms with E-state index in [0.29, 0.717) is 0 Å². The summed E-state index contributed by atoms with van der Waals surface area (Å²) >= 11 is 0. The molecule has 4 nitrogen and oxygen atoms in total. The highest BCUT2D eigenvalue weighted by Crippen LogP contribution is 2.37. The van der Waals surface area contributed by atoms with Gasteiger partial charge in [-0.3, -0.25) is 0 Å². The first-order valence-electron chi connectivity index (χ1n) is 7.03. The van der Waals surface area contributed by atoms with Crippen LogP contribution in [-0.4, -0.2) is 23.5 Å². The summed E-state index contributed by atoms with van der Waals surface area (Å²) in [4.78, 5) is 0. The van der Waals surface area contributed by atoms with Gasteiger partial charge in [-0.15, -0.1) is 0 Å². The molecule has 0 aliphatic carbocycles. The van der Waals surface area contributed by atoms with Crippen LogP contribution in [0.25, 0.3) is 0 Å². The van der Waals surface area contributed by atoms with E-state index in [1.54, 1.807) is 0 Å². The maximum atomic E-state index is 6.12. The molecule has 2 heterocycles. The number of aryl methyl sites for hydroxylation is 1. The Hall–Kier alpha value is -0.805. The third-order valence-corrected chi connectivity index (χ3v) is 4.19. The Morgan fingerprint density at radius 2 is 1.63 bits per heavy atom. The van der Waals surface area contributed by atoms with Gasteiger partial charge in [-0.2, -0.15) is 0 Å². The molecule has 0 spiro atoms. The standard InChI is InChI=1S/C14H24BNO3/c1-8-10-11(12(9(2)3)16-17-10)15-18-13(4,5)14(6,7)19-15/h9H,8H2,1-7H3. The van der Waals surface area contributed by atoms with Crippen LogP contribution in [-0.2, 0) is 15.7 Å². The van der Waals surface area contributed by atoms with E-state index in [1.165, 1.54) is 0 Å². The molecule has 5 heteroatoms. The van der Waals surface area contributed by atoms with Crippen LogP contribution in [0.15, 0.2) is 4.52 Å². The van der Waals surface area contributed by atoms with Crippen molar-refractivity contribution in [1.29, 1.82) is 0 Å². The quantitative estimate of drug-likeness (QED) is 0.788. The van der Waals surface area contributed by atoms with Crippen LogP contribution in [0, 0.1) is 0 Å². The fourth-order valence-electron chi connectivity index (χ4n) is 2.23. The number of nitrogens with zero attached hydrogens (tertiary/aromatic N) is 1. The smallest absolute Gasteiger partial charge is 0.399 e. The second-order valence-electron chi connectivity index (χ2n) is 6.50. The lowest BCUT2D eigenvalue weighted by molar-refractivity contribution is 0.00578. The first kappa shape index (κ1) is 14.6. The van der Waals surface area contributed by atoms with Gasteiger partial charge in [-0.05, 0) is 33.6 Å². The lowest BCUT2D eigenvalue weighted by Crippen LogP contribution is -2.41. The summed E-state index contributed by atoms with van der Waals surface area (Å²) in [6, 6.07) is 0. The third-order valence-electron chi connectivity index (χ3n) is 4.19. The molecule has 0 unspecified atom stereocenters. The summed E-state index contributed by atoms with van der Waals surface area (Å²) < 4.78 is 17.7. The van der Waals surface area contributed by atoms with Gasteiger partial charge in [0.2, 0.25) is 0 Å². The van der Waals surface area contributed by atoms with Gasteiger partial charge in [0.15, 0.2) is 0 Å². The van der Waals surface area contributed by atoms with Crippen LogP contribution in [0.4, 0.5) is 0 Å². The minimum absolute atomic E-state index is 0.290. The van der Waals surface area contributed by atoms with Crippen molar-refractivity contribution in [2.75, 3.05) is 0 Å². The molecule has 0 atom stereocenters. The first-order valence-corrected chi connectivity index (χ1v) is 7.03. The Bertz CT molecular complexity index is 449. The fourth-order valence-corrected chi connectivity index (χ4v) is 2.23. The van der Waals surface area contributed by atoms with Gasteiger partial charge in [0.25, 0.3) is 0 Å². The molecule has 0 bridgehead atoms. The Morgan fingerprint density at radius 1 is 1.11 bits per heavy atom. The molecule has 1 aliphatic rings. The van der Waals surface area contributed by atoms with Crippen molar-refractivity contribution >= 4 is 12.6 Å². The molecule has 1 aromatic heterocycles. The van der Waals surface area contributed by atoms with Crippen LogP contribution in [0.1, 0.15) is 65.8 Å². The summed E-state index contributed by atoms with van der Waals surface area (Å²) in [5.41, 5.74) is 1.24. The summed E-state index contributed by atoms with van der Waals surface area (Å²) in [6.45, 7) is 14.5. The van der Waals surface area contributed by atoms with E-state index in [4.69, 9.17) is 13.8 Å². The van der Waals surface area contributed by atoms with Crippen molar-refractivity contribution in [2.24, 2.45) is 0 Å². The van der Waals surface area contributed by atoms with Crippen molar-refractivity contribution in [1.82, 2.24) is 5.16 Å². The van der Waals surface area contributed by atoms with Gasteiger partial charge in [0.05, 0.1) is 16.9 Å². The van der Waals surface area contributed by atoms with Crippen molar-refractivity contribution in [2.45, 2.75) is 72.0 Å². The first-order chi connectivity index (χ1) is 8.69. The summed E-state index contributed by atoms with van der Waals surface area (Å²) in [7, 11) is -0.386. The van der Waals surface area contributed by atoms with Crippen molar-refractivity contribution in [3.63, 3.8) is 0 Å². The third kappa shape index (κ3) is 2.34. The Labute approximate surface area is 116 Å². The molecular weight excluding hydrogens is 241 g/mol. The average molecular weight is 265 g/mol. The molecule has 0 amide bonds. The molecule has 0 N–H and O–H groups in total. The number of hydrogen-bond acceptors (Lipinski definition) is 4. The minimum atomic E-state index is -0.386. The summed E-state index contributed by atoms with van der Waals surface area (Å²) in [5, 5.41) is 4.19. The van der Waals surface area contributed by atoms with E-state index in [1.807, 2.05) is 0 Å². The molecule has 1 aromatic rings. The maximum Gasteiger partial charge on any atom is 0.500 e. The predicted molar refractivity (Wildman–Crippen MR) is 75.7 cm³/mol. The maximum absolute atomic E-state index is 6.12. The van der Waals surface area contributed by atoms with E-state index >= 15 is 0 Å². The monoisotopic (exact) mass is 265 g/mol. The van der Waals surface area contributed by atoms with Crippen molar-refractivity contribution < 1.29 is 13.8 Å². The average Bonchev–Trinajstić information content (AvgIpc) is 2.78. The SMILES string of the molecule is CCc1onc(C(C)C)c1B1OC(C)(C)C(C)(C)O1. The molecule has 19 heavy (non-hydrogen) atoms. The molecule has 0 radical (unpaired) electrons. The van der Waals surface area contributed by atoms with Crippen LogP contribution in [0.3, 0.4) is 0 Å². The molecule has 0 saturated carbocycles. The van der Waals surface area contributed by atoms with E-state index in [-0.39, 0.29) is 24.2 Å². The van der Waals surface area contributed by atoms with Crippen LogP contribution < -0.4 is 5.46 Å².